The first kappa shape index (κ1) is 18.0. The normalized spacial score (nSPS) is 12.1. The van der Waals surface area contributed by atoms with Gasteiger partial charge in [0.1, 0.15) is 0 Å². The van der Waals surface area contributed by atoms with Crippen LogP contribution in [-0.2, 0) is 4.79 Å². The molecule has 4 heteroatoms. The van der Waals surface area contributed by atoms with Crippen LogP contribution in [-0.4, -0.2) is 37.7 Å². The minimum atomic E-state index is -1.42. The van der Waals surface area contributed by atoms with Crippen molar-refractivity contribution in [3.63, 3.8) is 0 Å². The first-order chi connectivity index (χ1) is 9.91. The summed E-state index contributed by atoms with van der Waals surface area (Å²) in [5.74, 6) is 1.01. The molecular weight excluding hydrogens is 281 g/mol. The van der Waals surface area contributed by atoms with E-state index < -0.39 is 7.26 Å². The number of hydrogen-bond donors (Lipinski definition) is 1. The van der Waals surface area contributed by atoms with E-state index in [2.05, 4.69) is 26.1 Å². The number of ether oxygens (including phenoxy) is 1. The second-order valence-corrected chi connectivity index (χ2v) is 11.4. The van der Waals surface area contributed by atoms with Crippen LogP contribution in [0.5, 0.6) is 5.75 Å². The Kier molecular flexibility index (Phi) is 6.67. The second-order valence-electron chi connectivity index (χ2n) is 5.92. The Morgan fingerprint density at radius 3 is 1.95 bits per heavy atom. The van der Waals surface area contributed by atoms with E-state index in [0.29, 0.717) is 0 Å². The van der Waals surface area contributed by atoms with Gasteiger partial charge in [0, 0.05) is 0 Å². The molecule has 0 fully saturated rings. The number of carbonyl (C=O) groups excluding carboxylic acids is 1. The monoisotopic (exact) mass is 311 g/mol. The van der Waals surface area contributed by atoms with Crippen molar-refractivity contribution in [2.24, 2.45) is 0 Å². The molecule has 0 radical (unpaired) electrons. The summed E-state index contributed by atoms with van der Waals surface area (Å²) in [6.07, 6.45) is 4.25. The number of carbonyl (C=O) groups is 1. The number of anilines is 1. The van der Waals surface area contributed by atoms with Gasteiger partial charge in [0.25, 0.3) is 0 Å². The standard InChI is InChI=1S/C17H30NO2P/c1-7-21(8-2,9-3)12-16(19)18-17-13(4)10-15(20-6)11-14(17)5/h10-11,21H,7-9,12H2,1-6H3,(H,18,19). The van der Waals surface area contributed by atoms with E-state index in [1.165, 1.54) is 18.5 Å². The molecular formula is C17H30NO2P. The molecule has 0 atom stereocenters. The fourth-order valence-electron chi connectivity index (χ4n) is 2.89. The molecule has 1 rings (SSSR count). The van der Waals surface area contributed by atoms with Crippen molar-refractivity contribution in [3.8, 4) is 5.75 Å². The average molecular weight is 311 g/mol. The molecule has 0 unspecified atom stereocenters. The predicted octanol–water partition coefficient (Wildman–Crippen LogP) is 4.06. The molecule has 0 saturated carbocycles. The molecule has 0 aliphatic carbocycles. The van der Waals surface area contributed by atoms with Crippen molar-refractivity contribution in [2.75, 3.05) is 37.1 Å². The van der Waals surface area contributed by atoms with E-state index in [-0.39, 0.29) is 5.91 Å². The van der Waals surface area contributed by atoms with Gasteiger partial charge < -0.3 is 0 Å². The number of methoxy groups -OCH3 is 1. The van der Waals surface area contributed by atoms with Crippen LogP contribution < -0.4 is 10.1 Å². The molecule has 0 aliphatic heterocycles. The maximum absolute atomic E-state index is 12.5. The molecule has 1 aromatic carbocycles. The second kappa shape index (κ2) is 7.79. The number of benzene rings is 1. The third-order valence-electron chi connectivity index (χ3n) is 4.79. The molecule has 21 heavy (non-hydrogen) atoms. The van der Waals surface area contributed by atoms with E-state index in [0.717, 1.165) is 28.7 Å². The van der Waals surface area contributed by atoms with Crippen LogP contribution in [0.4, 0.5) is 5.69 Å². The van der Waals surface area contributed by atoms with Crippen LogP contribution in [0.2, 0.25) is 0 Å². The van der Waals surface area contributed by atoms with E-state index in [1.807, 2.05) is 26.0 Å². The summed E-state index contributed by atoms with van der Waals surface area (Å²) in [7, 11) is 0.239. The van der Waals surface area contributed by atoms with Crippen molar-refractivity contribution in [3.05, 3.63) is 23.3 Å². The van der Waals surface area contributed by atoms with Crippen LogP contribution in [0.15, 0.2) is 12.1 Å². The molecule has 0 aromatic heterocycles. The van der Waals surface area contributed by atoms with E-state index in [9.17, 15) is 4.79 Å². The molecule has 0 bridgehead atoms. The SMILES string of the molecule is CC[PH](CC)(CC)CC(=O)Nc1c(C)cc(OC)cc1C. The molecule has 1 amide bonds. The summed E-state index contributed by atoms with van der Waals surface area (Å²) in [6.45, 7) is 10.7. The zero-order chi connectivity index (χ0) is 16.0. The van der Waals surface area contributed by atoms with Gasteiger partial charge in [-0.1, -0.05) is 0 Å². The molecule has 1 aromatic rings. The first-order valence-electron chi connectivity index (χ1n) is 7.86. The summed E-state index contributed by atoms with van der Waals surface area (Å²) in [5, 5.41) is 3.13. The van der Waals surface area contributed by atoms with Crippen LogP contribution in [0.25, 0.3) is 0 Å². The van der Waals surface area contributed by atoms with E-state index >= 15 is 0 Å². The van der Waals surface area contributed by atoms with Crippen molar-refractivity contribution < 1.29 is 9.53 Å². The van der Waals surface area contributed by atoms with Gasteiger partial charge in [-0.25, -0.2) is 0 Å². The Labute approximate surface area is 129 Å². The van der Waals surface area contributed by atoms with Gasteiger partial charge in [-0.3, -0.25) is 0 Å². The van der Waals surface area contributed by atoms with Gasteiger partial charge in [-0.2, -0.15) is 0 Å². The van der Waals surface area contributed by atoms with Gasteiger partial charge in [0.2, 0.25) is 0 Å². The Bertz CT molecular complexity index is 464. The van der Waals surface area contributed by atoms with Crippen molar-refractivity contribution in [1.82, 2.24) is 0 Å². The molecule has 0 spiro atoms. The van der Waals surface area contributed by atoms with E-state index in [1.54, 1.807) is 7.11 Å². The summed E-state index contributed by atoms with van der Waals surface area (Å²) < 4.78 is 5.26. The van der Waals surface area contributed by atoms with Crippen molar-refractivity contribution in [1.29, 1.82) is 0 Å². The number of aryl methyl sites for hydroxylation is 2. The topological polar surface area (TPSA) is 38.3 Å². The van der Waals surface area contributed by atoms with Gasteiger partial charge in [0.05, 0.1) is 0 Å². The molecule has 0 saturated heterocycles. The molecule has 1 N–H and O–H groups in total. The minimum absolute atomic E-state index is 0.170. The molecule has 0 heterocycles. The Balaban J connectivity index is 2.89. The Morgan fingerprint density at radius 1 is 1.10 bits per heavy atom. The Hall–Kier alpha value is -1.08. The fourth-order valence-corrected chi connectivity index (χ4v) is 5.91. The molecule has 3 nitrogen and oxygen atoms in total. The number of amides is 1. The Morgan fingerprint density at radius 2 is 1.57 bits per heavy atom. The van der Waals surface area contributed by atoms with E-state index in [4.69, 9.17) is 4.74 Å². The average Bonchev–Trinajstić information content (AvgIpc) is 2.48. The predicted molar refractivity (Wildman–Crippen MR) is 95.9 cm³/mol. The third kappa shape index (κ3) is 4.44. The van der Waals surface area contributed by atoms with Crippen LogP contribution in [0.1, 0.15) is 31.9 Å². The van der Waals surface area contributed by atoms with Gasteiger partial charge in [-0.15, -0.1) is 0 Å². The van der Waals surface area contributed by atoms with Gasteiger partial charge >= 0.3 is 129 Å². The number of rotatable bonds is 7. The van der Waals surface area contributed by atoms with Gasteiger partial charge in [0.15, 0.2) is 0 Å². The van der Waals surface area contributed by atoms with Crippen molar-refractivity contribution in [2.45, 2.75) is 34.6 Å². The summed E-state index contributed by atoms with van der Waals surface area (Å²) in [4.78, 5) is 12.5. The number of hydrogen-bond acceptors (Lipinski definition) is 2. The van der Waals surface area contributed by atoms with Crippen LogP contribution >= 0.6 is 7.26 Å². The van der Waals surface area contributed by atoms with Gasteiger partial charge in [-0.05, 0) is 0 Å². The first-order valence-corrected chi connectivity index (χ1v) is 10.7. The summed E-state index contributed by atoms with van der Waals surface area (Å²) in [6, 6.07) is 3.93. The van der Waals surface area contributed by atoms with Crippen LogP contribution in [0.3, 0.4) is 0 Å². The fraction of sp³-hybridized carbons (Fsp3) is 0.588. The maximum atomic E-state index is 12.5. The van der Waals surface area contributed by atoms with Crippen molar-refractivity contribution >= 4 is 18.9 Å². The number of nitrogens with one attached hydrogen (secondary N) is 1. The quantitative estimate of drug-likeness (QED) is 0.771. The zero-order valence-electron chi connectivity index (χ0n) is 14.3. The third-order valence-corrected chi connectivity index (χ3v) is 10.4. The molecule has 0 aliphatic rings. The summed E-state index contributed by atoms with van der Waals surface area (Å²) in [5.41, 5.74) is 3.04. The van der Waals surface area contributed by atoms with Crippen LogP contribution in [0, 0.1) is 13.8 Å². The zero-order valence-corrected chi connectivity index (χ0v) is 15.3. The summed E-state index contributed by atoms with van der Waals surface area (Å²) >= 11 is 0. The molecule has 120 valence electrons.